The number of anilines is 1. The van der Waals surface area contributed by atoms with Gasteiger partial charge in [-0.1, -0.05) is 6.07 Å². The van der Waals surface area contributed by atoms with Crippen molar-refractivity contribution in [2.24, 2.45) is 5.14 Å². The van der Waals surface area contributed by atoms with Gasteiger partial charge in [-0.25, -0.2) is 13.6 Å². The molecule has 1 aromatic rings. The first-order chi connectivity index (χ1) is 8.95. The maximum Gasteiger partial charge on any atom is 0.238 e. The second-order valence-corrected chi connectivity index (χ2v) is 6.71. The molecule has 0 spiro atoms. The van der Waals surface area contributed by atoms with Crippen molar-refractivity contribution < 1.29 is 8.42 Å². The van der Waals surface area contributed by atoms with Crippen molar-refractivity contribution >= 4 is 15.7 Å². The lowest BCUT2D eigenvalue weighted by atomic mass is 10.1. The molecular weight excluding hydrogens is 262 g/mol. The third kappa shape index (κ3) is 4.19. The average molecular weight is 283 g/mol. The second-order valence-electron chi connectivity index (χ2n) is 5.15. The van der Waals surface area contributed by atoms with Crippen molar-refractivity contribution in [1.82, 2.24) is 5.32 Å². The molecule has 19 heavy (non-hydrogen) atoms. The number of nitrogens with one attached hydrogen (secondary N) is 2. The fraction of sp³-hybridized carbons (Fsp3) is 0.538. The topological polar surface area (TPSA) is 84.2 Å². The van der Waals surface area contributed by atoms with Crippen molar-refractivity contribution in [3.05, 3.63) is 24.3 Å². The van der Waals surface area contributed by atoms with Gasteiger partial charge in [0.05, 0.1) is 4.90 Å². The van der Waals surface area contributed by atoms with E-state index in [2.05, 4.69) is 17.6 Å². The predicted molar refractivity (Wildman–Crippen MR) is 76.5 cm³/mol. The molecule has 0 aromatic heterocycles. The maximum absolute atomic E-state index is 11.3. The van der Waals surface area contributed by atoms with E-state index in [1.54, 1.807) is 12.1 Å². The van der Waals surface area contributed by atoms with Crippen LogP contribution < -0.4 is 15.8 Å². The Balaban J connectivity index is 1.98. The van der Waals surface area contributed by atoms with Crippen molar-refractivity contribution in [3.63, 3.8) is 0 Å². The Kier molecular flexibility index (Phi) is 4.44. The third-order valence-corrected chi connectivity index (χ3v) is 4.29. The average Bonchev–Trinajstić information content (AvgIpc) is 2.80. The summed E-state index contributed by atoms with van der Waals surface area (Å²) < 4.78 is 22.6. The van der Waals surface area contributed by atoms with E-state index in [1.807, 2.05) is 6.07 Å². The SMILES string of the molecule is CC(CC1CCCN1)Nc1cccc(S(N)(=O)=O)c1. The van der Waals surface area contributed by atoms with Crippen LogP contribution in [-0.4, -0.2) is 27.0 Å². The molecule has 4 N–H and O–H groups in total. The Bertz CT molecular complexity index is 524. The van der Waals surface area contributed by atoms with E-state index in [0.717, 1.165) is 18.7 Å². The summed E-state index contributed by atoms with van der Waals surface area (Å²) in [6.45, 7) is 3.20. The largest absolute Gasteiger partial charge is 0.382 e. The number of rotatable bonds is 5. The molecule has 6 heteroatoms. The van der Waals surface area contributed by atoms with Gasteiger partial charge in [0, 0.05) is 17.8 Å². The van der Waals surface area contributed by atoms with Gasteiger partial charge < -0.3 is 10.6 Å². The van der Waals surface area contributed by atoms with Gasteiger partial charge in [-0.2, -0.15) is 0 Å². The van der Waals surface area contributed by atoms with Crippen LogP contribution in [0.5, 0.6) is 0 Å². The minimum atomic E-state index is -3.64. The first-order valence-corrected chi connectivity index (χ1v) is 8.12. The quantitative estimate of drug-likeness (QED) is 0.760. The molecule has 0 bridgehead atoms. The lowest BCUT2D eigenvalue weighted by Gasteiger charge is -2.19. The molecule has 1 aliphatic heterocycles. The molecule has 2 rings (SSSR count). The summed E-state index contributed by atoms with van der Waals surface area (Å²) in [6.07, 6.45) is 3.47. The Morgan fingerprint density at radius 3 is 2.95 bits per heavy atom. The molecule has 0 saturated carbocycles. The maximum atomic E-state index is 11.3. The highest BCUT2D eigenvalue weighted by molar-refractivity contribution is 7.89. The summed E-state index contributed by atoms with van der Waals surface area (Å²) >= 11 is 0. The first kappa shape index (κ1) is 14.3. The molecule has 106 valence electrons. The highest BCUT2D eigenvalue weighted by Gasteiger charge is 2.17. The Labute approximate surface area is 114 Å². The Hall–Kier alpha value is -1.11. The van der Waals surface area contributed by atoms with Crippen LogP contribution in [0, 0.1) is 0 Å². The van der Waals surface area contributed by atoms with Gasteiger partial charge in [-0.05, 0) is 50.9 Å². The van der Waals surface area contributed by atoms with Gasteiger partial charge in [0.1, 0.15) is 0 Å². The Morgan fingerprint density at radius 2 is 2.32 bits per heavy atom. The van der Waals surface area contributed by atoms with E-state index in [9.17, 15) is 8.42 Å². The monoisotopic (exact) mass is 283 g/mol. The number of primary sulfonamides is 1. The number of sulfonamides is 1. The molecule has 1 heterocycles. The smallest absolute Gasteiger partial charge is 0.238 e. The van der Waals surface area contributed by atoms with Crippen LogP contribution >= 0.6 is 0 Å². The van der Waals surface area contributed by atoms with E-state index in [1.165, 1.54) is 18.9 Å². The van der Waals surface area contributed by atoms with Crippen LogP contribution in [0.1, 0.15) is 26.2 Å². The van der Waals surface area contributed by atoms with Crippen LogP contribution in [0.2, 0.25) is 0 Å². The molecule has 1 aromatic carbocycles. The number of nitrogens with two attached hydrogens (primary N) is 1. The van der Waals surface area contributed by atoms with E-state index in [0.29, 0.717) is 6.04 Å². The fourth-order valence-corrected chi connectivity index (χ4v) is 3.05. The van der Waals surface area contributed by atoms with Crippen LogP contribution in [0.15, 0.2) is 29.2 Å². The molecule has 1 aliphatic rings. The standard InChI is InChI=1S/C13H21N3O2S/c1-10(8-11-5-3-7-15-11)16-12-4-2-6-13(9-12)19(14,17)18/h2,4,6,9-11,15-16H,3,5,7-8H2,1H3,(H2,14,17,18). The van der Waals surface area contributed by atoms with Crippen LogP contribution in [0.25, 0.3) is 0 Å². The molecule has 5 nitrogen and oxygen atoms in total. The Morgan fingerprint density at radius 1 is 1.53 bits per heavy atom. The number of hydrogen-bond acceptors (Lipinski definition) is 4. The zero-order chi connectivity index (χ0) is 13.9. The van der Waals surface area contributed by atoms with Gasteiger partial charge in [-0.3, -0.25) is 0 Å². The summed E-state index contributed by atoms with van der Waals surface area (Å²) in [5.41, 5.74) is 0.789. The predicted octanol–water partition coefficient (Wildman–Crippen LogP) is 1.28. The van der Waals surface area contributed by atoms with Gasteiger partial charge in [0.25, 0.3) is 0 Å². The highest BCUT2D eigenvalue weighted by Crippen LogP contribution is 2.17. The lowest BCUT2D eigenvalue weighted by Crippen LogP contribution is -2.29. The van der Waals surface area contributed by atoms with Crippen LogP contribution in [0.3, 0.4) is 0 Å². The van der Waals surface area contributed by atoms with E-state index in [4.69, 9.17) is 5.14 Å². The molecule has 2 atom stereocenters. The lowest BCUT2D eigenvalue weighted by molar-refractivity contribution is 0.523. The van der Waals surface area contributed by atoms with E-state index >= 15 is 0 Å². The van der Waals surface area contributed by atoms with Crippen molar-refractivity contribution in [1.29, 1.82) is 0 Å². The third-order valence-electron chi connectivity index (χ3n) is 3.38. The minimum Gasteiger partial charge on any atom is -0.382 e. The molecule has 1 fully saturated rings. The van der Waals surface area contributed by atoms with Gasteiger partial charge in [0.2, 0.25) is 10.0 Å². The highest BCUT2D eigenvalue weighted by atomic mass is 32.2. The molecule has 0 aliphatic carbocycles. The zero-order valence-corrected chi connectivity index (χ0v) is 11.9. The van der Waals surface area contributed by atoms with Gasteiger partial charge in [0.15, 0.2) is 0 Å². The molecule has 0 amide bonds. The zero-order valence-electron chi connectivity index (χ0n) is 11.1. The van der Waals surface area contributed by atoms with E-state index in [-0.39, 0.29) is 10.9 Å². The molecule has 0 radical (unpaired) electrons. The summed E-state index contributed by atoms with van der Waals surface area (Å²) in [5.74, 6) is 0. The number of benzene rings is 1. The molecular formula is C13H21N3O2S. The normalized spacial score (nSPS) is 21.3. The summed E-state index contributed by atoms with van der Waals surface area (Å²) in [4.78, 5) is 0.142. The summed E-state index contributed by atoms with van der Waals surface area (Å²) in [5, 5.41) is 11.9. The summed E-state index contributed by atoms with van der Waals surface area (Å²) in [7, 11) is -3.64. The molecule has 1 saturated heterocycles. The van der Waals surface area contributed by atoms with E-state index < -0.39 is 10.0 Å². The van der Waals surface area contributed by atoms with Crippen LogP contribution in [-0.2, 0) is 10.0 Å². The molecule has 2 unspecified atom stereocenters. The minimum absolute atomic E-state index is 0.142. The van der Waals surface area contributed by atoms with Gasteiger partial charge >= 0.3 is 0 Å². The second kappa shape index (κ2) is 5.90. The fourth-order valence-electron chi connectivity index (χ4n) is 2.49. The summed E-state index contributed by atoms with van der Waals surface area (Å²) in [6, 6.07) is 7.48. The van der Waals surface area contributed by atoms with Crippen molar-refractivity contribution in [2.75, 3.05) is 11.9 Å². The first-order valence-electron chi connectivity index (χ1n) is 6.58. The van der Waals surface area contributed by atoms with Crippen molar-refractivity contribution in [2.45, 2.75) is 43.2 Å². The number of hydrogen-bond donors (Lipinski definition) is 3. The van der Waals surface area contributed by atoms with Crippen molar-refractivity contribution in [3.8, 4) is 0 Å². The van der Waals surface area contributed by atoms with Gasteiger partial charge in [-0.15, -0.1) is 0 Å². The van der Waals surface area contributed by atoms with Crippen LogP contribution in [0.4, 0.5) is 5.69 Å².